The molecule has 3 nitrogen and oxygen atoms in total. The van der Waals surface area contributed by atoms with Gasteiger partial charge in [0.25, 0.3) is 0 Å². The molecule has 1 amide bonds. The van der Waals surface area contributed by atoms with Crippen molar-refractivity contribution in [2.45, 2.75) is 51.9 Å². The Kier molecular flexibility index (Phi) is 3.47. The second kappa shape index (κ2) is 5.40. The van der Waals surface area contributed by atoms with E-state index in [0.29, 0.717) is 11.8 Å². The molecule has 0 atom stereocenters. The minimum atomic E-state index is -0.0242. The van der Waals surface area contributed by atoms with Crippen molar-refractivity contribution >= 4 is 16.8 Å². The minimum absolute atomic E-state index is 0.0242. The highest BCUT2D eigenvalue weighted by Crippen LogP contribution is 2.47. The first-order chi connectivity index (χ1) is 11.1. The lowest BCUT2D eigenvalue weighted by molar-refractivity contribution is -0.137. The van der Waals surface area contributed by atoms with Crippen LogP contribution in [0.5, 0.6) is 0 Å². The summed E-state index contributed by atoms with van der Waals surface area (Å²) in [6.07, 6.45) is 7.59. The Morgan fingerprint density at radius 3 is 2.70 bits per heavy atom. The number of para-hydroxylation sites is 1. The monoisotopic (exact) mass is 310 g/mol. The molecule has 1 aromatic heterocycles. The Balaban J connectivity index is 1.51. The molecular formula is C20H26N2O. The van der Waals surface area contributed by atoms with Crippen molar-refractivity contribution in [1.29, 1.82) is 0 Å². The summed E-state index contributed by atoms with van der Waals surface area (Å²) >= 11 is 0. The number of fused-ring (bicyclic) bond motifs is 1. The van der Waals surface area contributed by atoms with Crippen molar-refractivity contribution in [2.75, 3.05) is 13.1 Å². The van der Waals surface area contributed by atoms with Crippen LogP contribution in [0.4, 0.5) is 0 Å². The van der Waals surface area contributed by atoms with E-state index in [-0.39, 0.29) is 5.41 Å². The zero-order chi connectivity index (χ0) is 16.0. The molecule has 2 aliphatic rings. The molecule has 0 bridgehead atoms. The van der Waals surface area contributed by atoms with Gasteiger partial charge >= 0.3 is 0 Å². The molecule has 122 valence electrons. The van der Waals surface area contributed by atoms with Gasteiger partial charge in [0.15, 0.2) is 0 Å². The predicted octanol–water partition coefficient (Wildman–Crippen LogP) is 4.24. The summed E-state index contributed by atoms with van der Waals surface area (Å²) < 4.78 is 0. The van der Waals surface area contributed by atoms with E-state index in [1.165, 1.54) is 22.0 Å². The van der Waals surface area contributed by atoms with Crippen molar-refractivity contribution in [2.24, 2.45) is 5.41 Å². The third-order valence-corrected chi connectivity index (χ3v) is 5.95. The summed E-state index contributed by atoms with van der Waals surface area (Å²) in [7, 11) is 0. The predicted molar refractivity (Wildman–Crippen MR) is 93.6 cm³/mol. The molecule has 2 aromatic rings. The van der Waals surface area contributed by atoms with Crippen LogP contribution >= 0.6 is 0 Å². The highest BCUT2D eigenvalue weighted by Gasteiger charge is 2.47. The molecular weight excluding hydrogens is 284 g/mol. The molecule has 1 saturated heterocycles. The molecule has 23 heavy (non-hydrogen) atoms. The van der Waals surface area contributed by atoms with E-state index in [1.54, 1.807) is 0 Å². The third-order valence-electron chi connectivity index (χ3n) is 5.95. The number of aromatic amines is 1. The number of likely N-dealkylation sites (tertiary alicyclic amines) is 1. The number of amides is 1. The van der Waals surface area contributed by atoms with Gasteiger partial charge in [-0.25, -0.2) is 0 Å². The smallest absolute Gasteiger partial charge is 0.228 e. The van der Waals surface area contributed by atoms with Crippen molar-refractivity contribution in [3.05, 3.63) is 35.5 Å². The van der Waals surface area contributed by atoms with Crippen LogP contribution in [0.1, 0.15) is 56.6 Å². The number of rotatable bonds is 3. The highest BCUT2D eigenvalue weighted by atomic mass is 16.2. The van der Waals surface area contributed by atoms with Crippen LogP contribution in [0.25, 0.3) is 10.9 Å². The molecule has 0 unspecified atom stereocenters. The summed E-state index contributed by atoms with van der Waals surface area (Å²) in [5.74, 6) is 0.968. The number of piperidine rings is 1. The molecule has 0 spiro atoms. The zero-order valence-corrected chi connectivity index (χ0v) is 14.2. The van der Waals surface area contributed by atoms with Crippen molar-refractivity contribution in [3.63, 3.8) is 0 Å². The highest BCUT2D eigenvalue weighted by molar-refractivity contribution is 5.87. The Labute approximate surface area is 138 Å². The fourth-order valence-corrected chi connectivity index (χ4v) is 4.05. The summed E-state index contributed by atoms with van der Waals surface area (Å²) in [6.45, 7) is 6.16. The van der Waals surface area contributed by atoms with E-state index in [1.807, 2.05) is 0 Å². The fourth-order valence-electron chi connectivity index (χ4n) is 4.05. The molecule has 2 fully saturated rings. The molecule has 4 rings (SSSR count). The Morgan fingerprint density at radius 1 is 1.30 bits per heavy atom. The van der Waals surface area contributed by atoms with Crippen LogP contribution in [0.3, 0.4) is 0 Å². The largest absolute Gasteiger partial charge is 0.361 e. The first-order valence-corrected chi connectivity index (χ1v) is 9.00. The second-order valence-electron chi connectivity index (χ2n) is 7.56. The van der Waals surface area contributed by atoms with Gasteiger partial charge in [0.1, 0.15) is 0 Å². The summed E-state index contributed by atoms with van der Waals surface area (Å²) in [6, 6.07) is 6.62. The lowest BCUT2D eigenvalue weighted by Gasteiger charge is -2.33. The SMILES string of the molecule is CCc1cccc2c(C3CCN(C(=O)C4(C)CC4)CC3)c[nH]c12. The maximum Gasteiger partial charge on any atom is 0.228 e. The number of aromatic nitrogens is 1. The van der Waals surface area contributed by atoms with Gasteiger partial charge in [-0.2, -0.15) is 0 Å². The summed E-state index contributed by atoms with van der Waals surface area (Å²) in [5, 5.41) is 1.38. The number of carbonyl (C=O) groups excluding carboxylic acids is 1. The van der Waals surface area contributed by atoms with E-state index in [4.69, 9.17) is 0 Å². The van der Waals surface area contributed by atoms with E-state index in [0.717, 1.165) is 45.2 Å². The minimum Gasteiger partial charge on any atom is -0.361 e. The standard InChI is InChI=1S/C20H26N2O/c1-3-14-5-4-6-16-17(13-21-18(14)16)15-7-11-22(12-8-15)19(23)20(2)9-10-20/h4-6,13,15,21H,3,7-12H2,1-2H3. The number of H-pyrrole nitrogens is 1. The van der Waals surface area contributed by atoms with Gasteiger partial charge in [-0.3, -0.25) is 4.79 Å². The quantitative estimate of drug-likeness (QED) is 0.904. The zero-order valence-electron chi connectivity index (χ0n) is 14.2. The van der Waals surface area contributed by atoms with Crippen LogP contribution in [-0.4, -0.2) is 28.9 Å². The average molecular weight is 310 g/mol. The first kappa shape index (κ1) is 14.8. The molecule has 1 aromatic carbocycles. The average Bonchev–Trinajstić information content (AvgIpc) is 3.19. The maximum atomic E-state index is 12.5. The molecule has 0 radical (unpaired) electrons. The molecule has 1 aliphatic carbocycles. The van der Waals surface area contributed by atoms with Gasteiger partial charge < -0.3 is 9.88 Å². The van der Waals surface area contributed by atoms with Crippen LogP contribution in [0, 0.1) is 5.41 Å². The second-order valence-corrected chi connectivity index (χ2v) is 7.56. The molecule has 3 heteroatoms. The van der Waals surface area contributed by atoms with Crippen LogP contribution in [-0.2, 0) is 11.2 Å². The van der Waals surface area contributed by atoms with Gasteiger partial charge in [0, 0.05) is 35.6 Å². The summed E-state index contributed by atoms with van der Waals surface area (Å²) in [4.78, 5) is 18.1. The van der Waals surface area contributed by atoms with E-state index in [2.05, 4.69) is 48.1 Å². The first-order valence-electron chi connectivity index (χ1n) is 9.00. The third kappa shape index (κ3) is 2.46. The number of hydrogen-bond donors (Lipinski definition) is 1. The lowest BCUT2D eigenvalue weighted by Crippen LogP contribution is -2.41. The van der Waals surface area contributed by atoms with Crippen molar-refractivity contribution in [3.8, 4) is 0 Å². The van der Waals surface area contributed by atoms with E-state index < -0.39 is 0 Å². The van der Waals surface area contributed by atoms with Crippen LogP contribution < -0.4 is 0 Å². The van der Waals surface area contributed by atoms with Gasteiger partial charge in [0.2, 0.25) is 5.91 Å². The van der Waals surface area contributed by atoms with Crippen LogP contribution in [0.15, 0.2) is 24.4 Å². The number of nitrogens with zero attached hydrogens (tertiary/aromatic N) is 1. The molecule has 1 aliphatic heterocycles. The van der Waals surface area contributed by atoms with Gasteiger partial charge in [-0.15, -0.1) is 0 Å². The summed E-state index contributed by atoms with van der Waals surface area (Å²) in [5.41, 5.74) is 4.11. The van der Waals surface area contributed by atoms with Crippen molar-refractivity contribution < 1.29 is 4.79 Å². The van der Waals surface area contributed by atoms with E-state index in [9.17, 15) is 4.79 Å². The molecule has 2 heterocycles. The number of aryl methyl sites for hydroxylation is 1. The number of nitrogens with one attached hydrogen (secondary N) is 1. The number of hydrogen-bond acceptors (Lipinski definition) is 1. The topological polar surface area (TPSA) is 36.1 Å². The normalized spacial score (nSPS) is 20.9. The fraction of sp³-hybridized carbons (Fsp3) is 0.550. The molecule has 1 N–H and O–H groups in total. The van der Waals surface area contributed by atoms with Gasteiger partial charge in [-0.1, -0.05) is 32.0 Å². The Bertz CT molecular complexity index is 733. The molecule has 1 saturated carbocycles. The van der Waals surface area contributed by atoms with Gasteiger partial charge in [0.05, 0.1) is 0 Å². The maximum absolute atomic E-state index is 12.5. The van der Waals surface area contributed by atoms with Gasteiger partial charge in [-0.05, 0) is 49.1 Å². The Morgan fingerprint density at radius 2 is 2.04 bits per heavy atom. The van der Waals surface area contributed by atoms with Crippen LogP contribution in [0.2, 0.25) is 0 Å². The van der Waals surface area contributed by atoms with E-state index >= 15 is 0 Å². The lowest BCUT2D eigenvalue weighted by atomic mass is 9.88. The number of benzene rings is 1. The number of carbonyl (C=O) groups is 1. The Hall–Kier alpha value is -1.77. The van der Waals surface area contributed by atoms with Crippen molar-refractivity contribution in [1.82, 2.24) is 9.88 Å².